The first kappa shape index (κ1) is 16.2. The fourth-order valence-electron chi connectivity index (χ4n) is 1.93. The molecule has 0 aliphatic carbocycles. The Morgan fingerprint density at radius 3 is 2.32 bits per heavy atom. The van der Waals surface area contributed by atoms with E-state index in [1.54, 1.807) is 6.20 Å². The number of hydrogen-bond donors (Lipinski definition) is 1. The molecule has 0 saturated carbocycles. The molecular formula is C14H20N6OS. The molecule has 0 atom stereocenters. The van der Waals surface area contributed by atoms with E-state index in [0.29, 0.717) is 22.3 Å². The van der Waals surface area contributed by atoms with Crippen molar-refractivity contribution in [3.63, 3.8) is 0 Å². The average Bonchev–Trinajstić information content (AvgIpc) is 2.77. The van der Waals surface area contributed by atoms with Gasteiger partial charge in [0.2, 0.25) is 5.95 Å². The van der Waals surface area contributed by atoms with E-state index in [2.05, 4.69) is 20.3 Å². The standard InChI is InChI=1S/C14H20N6OS/c1-8-11(22-9(2)16-8)13(21)17-10-7-15-14(20(5)6)18-12(10)19(3)4/h7H,1-6H3,(H,17,21). The van der Waals surface area contributed by atoms with E-state index in [1.165, 1.54) is 11.3 Å². The molecule has 22 heavy (non-hydrogen) atoms. The number of rotatable bonds is 4. The summed E-state index contributed by atoms with van der Waals surface area (Å²) >= 11 is 1.38. The predicted octanol–water partition coefficient (Wildman–Crippen LogP) is 1.93. The summed E-state index contributed by atoms with van der Waals surface area (Å²) in [4.78, 5) is 29.7. The molecule has 8 heteroatoms. The minimum absolute atomic E-state index is 0.188. The highest BCUT2D eigenvalue weighted by Crippen LogP contribution is 2.25. The lowest BCUT2D eigenvalue weighted by Gasteiger charge is -2.19. The molecule has 2 aromatic rings. The molecular weight excluding hydrogens is 300 g/mol. The van der Waals surface area contributed by atoms with Gasteiger partial charge in [-0.15, -0.1) is 11.3 Å². The number of aryl methyl sites for hydroxylation is 2. The lowest BCUT2D eigenvalue weighted by molar-refractivity contribution is 0.103. The van der Waals surface area contributed by atoms with Gasteiger partial charge in [-0.2, -0.15) is 4.98 Å². The number of nitrogens with zero attached hydrogens (tertiary/aromatic N) is 5. The van der Waals surface area contributed by atoms with Crippen molar-refractivity contribution in [2.75, 3.05) is 43.3 Å². The maximum atomic E-state index is 12.4. The van der Waals surface area contributed by atoms with E-state index in [4.69, 9.17) is 0 Å². The van der Waals surface area contributed by atoms with Gasteiger partial charge in [0.15, 0.2) is 5.82 Å². The second-order valence-electron chi connectivity index (χ2n) is 5.30. The summed E-state index contributed by atoms with van der Waals surface area (Å²) in [5, 5.41) is 3.74. The summed E-state index contributed by atoms with van der Waals surface area (Å²) in [5.41, 5.74) is 1.31. The predicted molar refractivity (Wildman–Crippen MR) is 90.2 cm³/mol. The van der Waals surface area contributed by atoms with Crippen LogP contribution in [0.25, 0.3) is 0 Å². The van der Waals surface area contributed by atoms with Crippen LogP contribution < -0.4 is 15.1 Å². The number of nitrogens with one attached hydrogen (secondary N) is 1. The molecule has 0 spiro atoms. The fraction of sp³-hybridized carbons (Fsp3) is 0.429. The van der Waals surface area contributed by atoms with Crippen molar-refractivity contribution in [2.45, 2.75) is 13.8 Å². The van der Waals surface area contributed by atoms with Gasteiger partial charge in [-0.3, -0.25) is 4.79 Å². The van der Waals surface area contributed by atoms with Gasteiger partial charge in [-0.05, 0) is 13.8 Å². The zero-order valence-electron chi connectivity index (χ0n) is 13.6. The van der Waals surface area contributed by atoms with Crippen LogP contribution in [-0.4, -0.2) is 49.0 Å². The maximum Gasteiger partial charge on any atom is 0.267 e. The van der Waals surface area contributed by atoms with Gasteiger partial charge in [0, 0.05) is 28.2 Å². The number of hydrogen-bond acceptors (Lipinski definition) is 7. The molecule has 7 nitrogen and oxygen atoms in total. The smallest absolute Gasteiger partial charge is 0.267 e. The minimum Gasteiger partial charge on any atom is -0.361 e. The lowest BCUT2D eigenvalue weighted by atomic mass is 10.3. The largest absolute Gasteiger partial charge is 0.361 e. The van der Waals surface area contributed by atoms with Crippen molar-refractivity contribution < 1.29 is 4.79 Å². The van der Waals surface area contributed by atoms with Gasteiger partial charge in [0.05, 0.1) is 16.9 Å². The van der Waals surface area contributed by atoms with Gasteiger partial charge in [0.25, 0.3) is 5.91 Å². The number of anilines is 3. The fourth-order valence-corrected chi connectivity index (χ4v) is 2.74. The Balaban J connectivity index is 2.32. The first-order valence-electron chi connectivity index (χ1n) is 6.76. The molecule has 0 radical (unpaired) electrons. The minimum atomic E-state index is -0.188. The Labute approximate surface area is 134 Å². The van der Waals surface area contributed by atoms with Crippen LogP contribution in [0.5, 0.6) is 0 Å². The van der Waals surface area contributed by atoms with Gasteiger partial charge >= 0.3 is 0 Å². The molecule has 0 unspecified atom stereocenters. The highest BCUT2D eigenvalue weighted by molar-refractivity contribution is 7.13. The van der Waals surface area contributed by atoms with E-state index >= 15 is 0 Å². The van der Waals surface area contributed by atoms with Crippen LogP contribution in [0, 0.1) is 13.8 Å². The van der Waals surface area contributed by atoms with E-state index < -0.39 is 0 Å². The van der Waals surface area contributed by atoms with Crippen molar-refractivity contribution in [2.24, 2.45) is 0 Å². The first-order valence-corrected chi connectivity index (χ1v) is 7.58. The van der Waals surface area contributed by atoms with E-state index in [-0.39, 0.29) is 5.91 Å². The molecule has 2 rings (SSSR count). The summed E-state index contributed by atoms with van der Waals surface area (Å²) in [6.07, 6.45) is 1.62. The van der Waals surface area contributed by atoms with Crippen LogP contribution >= 0.6 is 11.3 Å². The number of carbonyl (C=O) groups excluding carboxylic acids is 1. The maximum absolute atomic E-state index is 12.4. The van der Waals surface area contributed by atoms with Crippen molar-refractivity contribution in [3.8, 4) is 0 Å². The van der Waals surface area contributed by atoms with Gasteiger partial charge in [-0.25, -0.2) is 9.97 Å². The Bertz CT molecular complexity index is 695. The first-order chi connectivity index (χ1) is 10.3. The molecule has 0 aromatic carbocycles. The van der Waals surface area contributed by atoms with Crippen LogP contribution in [-0.2, 0) is 0 Å². The lowest BCUT2D eigenvalue weighted by Crippen LogP contribution is -2.21. The monoisotopic (exact) mass is 320 g/mol. The topological polar surface area (TPSA) is 74.2 Å². The Hall–Kier alpha value is -2.22. The van der Waals surface area contributed by atoms with E-state index in [0.717, 1.165) is 10.7 Å². The SMILES string of the molecule is Cc1nc(C)c(C(=O)Nc2cnc(N(C)C)nc2N(C)C)s1. The van der Waals surface area contributed by atoms with Gasteiger partial charge < -0.3 is 15.1 Å². The molecule has 2 aromatic heterocycles. The highest BCUT2D eigenvalue weighted by Gasteiger charge is 2.17. The number of carbonyl (C=O) groups is 1. The third kappa shape index (κ3) is 3.33. The van der Waals surface area contributed by atoms with E-state index in [1.807, 2.05) is 51.8 Å². The molecule has 0 aliphatic heterocycles. The van der Waals surface area contributed by atoms with Crippen molar-refractivity contribution in [1.29, 1.82) is 0 Å². The number of aromatic nitrogens is 3. The summed E-state index contributed by atoms with van der Waals surface area (Å²) in [7, 11) is 7.49. The summed E-state index contributed by atoms with van der Waals surface area (Å²) in [6.45, 7) is 3.71. The Morgan fingerprint density at radius 2 is 1.82 bits per heavy atom. The van der Waals surface area contributed by atoms with Crippen molar-refractivity contribution in [3.05, 3.63) is 21.8 Å². The van der Waals surface area contributed by atoms with Crippen LogP contribution in [0.4, 0.5) is 17.5 Å². The van der Waals surface area contributed by atoms with Crippen molar-refractivity contribution >= 4 is 34.7 Å². The molecule has 0 saturated heterocycles. The average molecular weight is 320 g/mol. The summed E-state index contributed by atoms with van der Waals surface area (Å²) in [5.74, 6) is 1.06. The molecule has 0 fully saturated rings. The quantitative estimate of drug-likeness (QED) is 0.928. The highest BCUT2D eigenvalue weighted by atomic mass is 32.1. The molecule has 2 heterocycles. The summed E-state index contributed by atoms with van der Waals surface area (Å²) in [6, 6.07) is 0. The number of amides is 1. The third-order valence-electron chi connectivity index (χ3n) is 2.94. The number of thiazole rings is 1. The molecule has 0 aliphatic rings. The van der Waals surface area contributed by atoms with Crippen LogP contribution in [0.3, 0.4) is 0 Å². The van der Waals surface area contributed by atoms with Crippen LogP contribution in [0.1, 0.15) is 20.4 Å². The second kappa shape index (κ2) is 6.27. The Morgan fingerprint density at radius 1 is 1.14 bits per heavy atom. The van der Waals surface area contributed by atoms with Crippen molar-refractivity contribution in [1.82, 2.24) is 15.0 Å². The normalized spacial score (nSPS) is 10.5. The van der Waals surface area contributed by atoms with Crippen LogP contribution in [0.2, 0.25) is 0 Å². The second-order valence-corrected chi connectivity index (χ2v) is 6.50. The summed E-state index contributed by atoms with van der Waals surface area (Å²) < 4.78 is 0. The zero-order valence-corrected chi connectivity index (χ0v) is 14.4. The van der Waals surface area contributed by atoms with Gasteiger partial charge in [0.1, 0.15) is 10.6 Å². The van der Waals surface area contributed by atoms with E-state index in [9.17, 15) is 4.79 Å². The molecule has 1 amide bonds. The molecule has 118 valence electrons. The third-order valence-corrected chi connectivity index (χ3v) is 4.01. The molecule has 1 N–H and O–H groups in total. The Kier molecular flexibility index (Phi) is 4.60. The van der Waals surface area contributed by atoms with Crippen LogP contribution in [0.15, 0.2) is 6.20 Å². The zero-order chi connectivity index (χ0) is 16.4. The van der Waals surface area contributed by atoms with Gasteiger partial charge in [-0.1, -0.05) is 0 Å². The molecule has 0 bridgehead atoms.